The van der Waals surface area contributed by atoms with E-state index in [0.717, 1.165) is 5.56 Å². The number of rotatable bonds is 8. The number of carbonyl (C=O) groups is 1. The third kappa shape index (κ3) is 6.60. The number of piperazine rings is 1. The van der Waals surface area contributed by atoms with Crippen molar-refractivity contribution in [2.24, 2.45) is 0 Å². The summed E-state index contributed by atoms with van der Waals surface area (Å²) in [5.74, 6) is -0.989. The molecule has 1 heterocycles. The van der Waals surface area contributed by atoms with Crippen molar-refractivity contribution < 1.29 is 27.1 Å². The van der Waals surface area contributed by atoms with Crippen molar-refractivity contribution in [2.45, 2.75) is 18.8 Å². The predicted octanol–water partition coefficient (Wildman–Crippen LogP) is 2.47. The van der Waals surface area contributed by atoms with Crippen LogP contribution in [0.5, 0.6) is 5.75 Å². The normalized spacial score (nSPS) is 15.4. The van der Waals surface area contributed by atoms with Crippen molar-refractivity contribution in [3.8, 4) is 18.1 Å². The summed E-state index contributed by atoms with van der Waals surface area (Å²) in [6.45, 7) is 0.305. The second-order valence-corrected chi connectivity index (χ2v) is 6.44. The molecule has 1 N–H and O–H groups in total. The minimum absolute atomic E-state index is 0.134. The van der Waals surface area contributed by atoms with Crippen LogP contribution in [-0.4, -0.2) is 74.1 Å². The first-order valence-electron chi connectivity index (χ1n) is 8.88. The van der Waals surface area contributed by atoms with Crippen molar-refractivity contribution in [3.63, 3.8) is 0 Å². The van der Waals surface area contributed by atoms with Gasteiger partial charge >= 0.3 is 18.4 Å². The van der Waals surface area contributed by atoms with Crippen molar-refractivity contribution in [3.05, 3.63) is 29.8 Å². The Balaban J connectivity index is 1.68. The van der Waals surface area contributed by atoms with Gasteiger partial charge in [0.2, 0.25) is 0 Å². The third-order valence-electron chi connectivity index (χ3n) is 4.35. The molecule has 0 bridgehead atoms. The van der Waals surface area contributed by atoms with Gasteiger partial charge in [-0.2, -0.15) is 8.78 Å². The molecular weight excluding hydrogens is 378 g/mol. The number of amides is 2. The van der Waals surface area contributed by atoms with Crippen LogP contribution in [-0.2, 0) is 6.42 Å². The van der Waals surface area contributed by atoms with Crippen LogP contribution >= 0.6 is 0 Å². The fourth-order valence-electron chi connectivity index (χ4n) is 2.78. The monoisotopic (exact) mass is 401 g/mol. The first kappa shape index (κ1) is 21.8. The molecule has 1 saturated heterocycles. The van der Waals surface area contributed by atoms with Gasteiger partial charge in [-0.15, -0.1) is 6.42 Å². The lowest BCUT2D eigenvalue weighted by Crippen LogP contribution is -2.54. The zero-order chi connectivity index (χ0) is 20.6. The van der Waals surface area contributed by atoms with E-state index in [0.29, 0.717) is 18.7 Å². The van der Waals surface area contributed by atoms with Crippen LogP contribution in [0.2, 0.25) is 0 Å². The maximum absolute atomic E-state index is 13.1. The van der Waals surface area contributed by atoms with E-state index in [1.807, 2.05) is 12.1 Å². The van der Waals surface area contributed by atoms with Crippen molar-refractivity contribution in [1.82, 2.24) is 15.1 Å². The quantitative estimate of drug-likeness (QED) is 0.538. The Bertz CT molecular complexity index is 669. The Morgan fingerprint density at radius 2 is 1.86 bits per heavy atom. The van der Waals surface area contributed by atoms with Gasteiger partial charge in [0, 0.05) is 32.7 Å². The lowest BCUT2D eigenvalue weighted by atomic mass is 10.1. The second kappa shape index (κ2) is 10.2. The van der Waals surface area contributed by atoms with E-state index in [-0.39, 0.29) is 38.8 Å². The van der Waals surface area contributed by atoms with E-state index in [2.05, 4.69) is 11.2 Å². The van der Waals surface area contributed by atoms with E-state index >= 15 is 0 Å². The lowest BCUT2D eigenvalue weighted by molar-refractivity contribution is -0.144. The molecule has 5 nitrogen and oxygen atoms in total. The Hall–Kier alpha value is -2.47. The van der Waals surface area contributed by atoms with E-state index in [9.17, 15) is 22.4 Å². The number of benzene rings is 1. The summed E-state index contributed by atoms with van der Waals surface area (Å²) < 4.78 is 56.0. The van der Waals surface area contributed by atoms with Crippen LogP contribution in [0.3, 0.4) is 0 Å². The molecule has 9 heteroatoms. The van der Waals surface area contributed by atoms with Crippen LogP contribution in [0, 0.1) is 12.3 Å². The highest BCUT2D eigenvalue weighted by molar-refractivity contribution is 5.74. The number of halogens is 4. The summed E-state index contributed by atoms with van der Waals surface area (Å²) in [5, 5.41) is 2.77. The van der Waals surface area contributed by atoms with Crippen LogP contribution in [0.15, 0.2) is 24.3 Å². The van der Waals surface area contributed by atoms with Gasteiger partial charge in [0.15, 0.2) is 0 Å². The smallest absolute Gasteiger partial charge is 0.319 e. The molecule has 0 unspecified atom stereocenters. The maximum atomic E-state index is 13.1. The molecule has 1 aliphatic heterocycles. The topological polar surface area (TPSA) is 44.8 Å². The summed E-state index contributed by atoms with van der Waals surface area (Å²) in [4.78, 5) is 14.9. The van der Waals surface area contributed by atoms with Crippen molar-refractivity contribution in [2.75, 3.05) is 45.9 Å². The molecule has 1 aliphatic rings. The standard InChI is InChI=1S/C19H23F4N3O2/c1-2-13-28-16-5-3-15(4-6-16)7-8-24-18(27)26-11-9-25(10-12-26)14-19(22,23)17(20)21/h1,3-6,17H,7-14H2,(H,24,27). The molecule has 2 rings (SSSR count). The highest BCUT2D eigenvalue weighted by atomic mass is 19.3. The number of urea groups is 1. The van der Waals surface area contributed by atoms with Gasteiger partial charge in [-0.1, -0.05) is 18.1 Å². The molecular formula is C19H23F4N3O2. The largest absolute Gasteiger partial charge is 0.481 e. The fourth-order valence-corrected chi connectivity index (χ4v) is 2.78. The molecule has 0 saturated carbocycles. The molecule has 1 aromatic carbocycles. The van der Waals surface area contributed by atoms with Crippen molar-refractivity contribution >= 4 is 6.03 Å². The van der Waals surface area contributed by atoms with E-state index < -0.39 is 18.9 Å². The molecule has 2 amide bonds. The van der Waals surface area contributed by atoms with Gasteiger partial charge < -0.3 is 15.0 Å². The molecule has 1 fully saturated rings. The summed E-state index contributed by atoms with van der Waals surface area (Å²) in [7, 11) is 0. The average molecular weight is 401 g/mol. The van der Waals surface area contributed by atoms with Gasteiger partial charge in [0.1, 0.15) is 12.4 Å². The van der Waals surface area contributed by atoms with Gasteiger partial charge in [-0.3, -0.25) is 4.90 Å². The molecule has 1 aromatic rings. The molecule has 0 spiro atoms. The Morgan fingerprint density at radius 3 is 2.43 bits per heavy atom. The van der Waals surface area contributed by atoms with Crippen LogP contribution < -0.4 is 10.1 Å². The number of carbonyl (C=O) groups excluding carboxylic acids is 1. The minimum atomic E-state index is -4.04. The molecule has 0 atom stereocenters. The zero-order valence-electron chi connectivity index (χ0n) is 15.3. The Labute approximate surface area is 161 Å². The number of nitrogens with one attached hydrogen (secondary N) is 1. The molecule has 0 radical (unpaired) electrons. The van der Waals surface area contributed by atoms with Crippen LogP contribution in [0.1, 0.15) is 5.56 Å². The summed E-state index contributed by atoms with van der Waals surface area (Å²) in [6, 6.07) is 7.04. The number of terminal acetylenes is 1. The third-order valence-corrected chi connectivity index (χ3v) is 4.35. The second-order valence-electron chi connectivity index (χ2n) is 6.44. The molecule has 0 aliphatic carbocycles. The molecule has 28 heavy (non-hydrogen) atoms. The minimum Gasteiger partial charge on any atom is -0.481 e. The zero-order valence-corrected chi connectivity index (χ0v) is 15.3. The fraction of sp³-hybridized carbons (Fsp3) is 0.526. The maximum Gasteiger partial charge on any atom is 0.319 e. The van der Waals surface area contributed by atoms with Gasteiger partial charge in [0.05, 0.1) is 6.54 Å². The average Bonchev–Trinajstić information content (AvgIpc) is 2.67. The molecule has 0 aromatic heterocycles. The van der Waals surface area contributed by atoms with E-state index in [1.165, 1.54) is 9.80 Å². The van der Waals surface area contributed by atoms with Gasteiger partial charge in [-0.05, 0) is 24.1 Å². The summed E-state index contributed by atoms with van der Waals surface area (Å²) >= 11 is 0. The number of nitrogens with zero attached hydrogens (tertiary/aromatic N) is 2. The van der Waals surface area contributed by atoms with E-state index in [1.54, 1.807) is 12.1 Å². The van der Waals surface area contributed by atoms with Crippen molar-refractivity contribution in [1.29, 1.82) is 0 Å². The highest BCUT2D eigenvalue weighted by Crippen LogP contribution is 2.24. The highest BCUT2D eigenvalue weighted by Gasteiger charge is 2.42. The predicted molar refractivity (Wildman–Crippen MR) is 96.8 cm³/mol. The van der Waals surface area contributed by atoms with Crippen LogP contribution in [0.4, 0.5) is 22.4 Å². The Kier molecular flexibility index (Phi) is 7.93. The lowest BCUT2D eigenvalue weighted by Gasteiger charge is -2.36. The van der Waals surface area contributed by atoms with Crippen LogP contribution in [0.25, 0.3) is 0 Å². The molecule has 154 valence electrons. The number of hydrogen-bond donors (Lipinski definition) is 1. The number of ether oxygens (including phenoxy) is 1. The first-order chi connectivity index (χ1) is 13.3. The number of alkyl halides is 4. The summed E-state index contributed by atoms with van der Waals surface area (Å²) in [6.07, 6.45) is 2.05. The SMILES string of the molecule is C#CCOc1ccc(CCNC(=O)N2CCN(CC(F)(F)C(F)F)CC2)cc1. The number of hydrogen-bond acceptors (Lipinski definition) is 3. The Morgan fingerprint density at radius 1 is 1.21 bits per heavy atom. The first-order valence-corrected chi connectivity index (χ1v) is 8.88. The van der Waals surface area contributed by atoms with E-state index in [4.69, 9.17) is 11.2 Å². The van der Waals surface area contributed by atoms with Gasteiger partial charge in [-0.25, -0.2) is 13.6 Å². The summed E-state index contributed by atoms with van der Waals surface area (Å²) in [5.41, 5.74) is 1.01. The van der Waals surface area contributed by atoms with Gasteiger partial charge in [0.25, 0.3) is 0 Å².